The van der Waals surface area contributed by atoms with E-state index in [1.165, 1.54) is 41.6 Å². The fourth-order valence-electron chi connectivity index (χ4n) is 1.65. The van der Waals surface area contributed by atoms with E-state index in [0.29, 0.717) is 0 Å². The van der Waals surface area contributed by atoms with Crippen LogP contribution >= 0.6 is 22.6 Å². The molecule has 102 valence electrons. The van der Waals surface area contributed by atoms with Gasteiger partial charge in [0.1, 0.15) is 24.8 Å². The lowest BCUT2D eigenvalue weighted by Crippen LogP contribution is -2.46. The van der Waals surface area contributed by atoms with Crippen LogP contribution in [0.4, 0.5) is 17.6 Å². The Labute approximate surface area is 116 Å². The largest absolute Gasteiger partial charge is 0.386 e. The minimum atomic E-state index is -2.13. The van der Waals surface area contributed by atoms with Gasteiger partial charge in [0, 0.05) is 0 Å². The van der Waals surface area contributed by atoms with Gasteiger partial charge in [-0.15, -0.1) is 0 Å². The fraction of sp³-hybridized carbons (Fsp3) is 0.500. The first-order chi connectivity index (χ1) is 8.32. The van der Waals surface area contributed by atoms with Crippen molar-refractivity contribution in [2.24, 2.45) is 0 Å². The second kappa shape index (κ2) is 6.18. The molecule has 6 heteroatoms. The molecule has 1 aromatic carbocycles. The highest BCUT2D eigenvalue weighted by atomic mass is 127. The molecule has 4 unspecified atom stereocenters. The zero-order valence-electron chi connectivity index (χ0n) is 9.59. The van der Waals surface area contributed by atoms with E-state index in [2.05, 4.69) is 0 Å². The SMILES string of the molecule is CC(CF)(c1ccc(F)cc1)C(F)C(O)C(F)I. The van der Waals surface area contributed by atoms with Crippen molar-refractivity contribution in [1.29, 1.82) is 0 Å². The summed E-state index contributed by atoms with van der Waals surface area (Å²) in [5, 5.41) is 9.38. The van der Waals surface area contributed by atoms with Crippen LogP contribution in [0.2, 0.25) is 0 Å². The van der Waals surface area contributed by atoms with Crippen molar-refractivity contribution in [2.45, 2.75) is 28.8 Å². The number of halogens is 5. The Morgan fingerprint density at radius 1 is 1.28 bits per heavy atom. The third kappa shape index (κ3) is 3.14. The molecule has 0 aliphatic carbocycles. The molecule has 18 heavy (non-hydrogen) atoms. The predicted molar refractivity (Wildman–Crippen MR) is 69.5 cm³/mol. The zero-order chi connectivity index (χ0) is 13.9. The van der Waals surface area contributed by atoms with Gasteiger partial charge in [-0.3, -0.25) is 4.39 Å². The molecular formula is C12H13F4IO. The predicted octanol–water partition coefficient (Wildman–Crippen LogP) is 3.48. The van der Waals surface area contributed by atoms with E-state index in [1.54, 1.807) is 0 Å². The number of aliphatic hydroxyl groups is 1. The van der Waals surface area contributed by atoms with Gasteiger partial charge in [-0.2, -0.15) is 0 Å². The first-order valence-electron chi connectivity index (χ1n) is 5.25. The maximum atomic E-state index is 14.1. The third-order valence-corrected chi connectivity index (χ3v) is 3.68. The molecular weight excluding hydrogens is 363 g/mol. The Morgan fingerprint density at radius 3 is 2.17 bits per heavy atom. The van der Waals surface area contributed by atoms with Crippen LogP contribution in [-0.4, -0.2) is 28.2 Å². The number of hydrogen-bond donors (Lipinski definition) is 1. The summed E-state index contributed by atoms with van der Waals surface area (Å²) in [6.45, 7) is 0.105. The third-order valence-electron chi connectivity index (χ3n) is 2.95. The van der Waals surface area contributed by atoms with Crippen LogP contribution in [0.3, 0.4) is 0 Å². The average molecular weight is 376 g/mol. The maximum absolute atomic E-state index is 14.1. The van der Waals surface area contributed by atoms with E-state index >= 15 is 0 Å². The average Bonchev–Trinajstić information content (AvgIpc) is 2.36. The lowest BCUT2D eigenvalue weighted by molar-refractivity contribution is 0.00266. The molecule has 0 heterocycles. The Bertz CT molecular complexity index is 384. The molecule has 0 saturated carbocycles. The monoisotopic (exact) mass is 376 g/mol. The van der Waals surface area contributed by atoms with E-state index in [9.17, 15) is 22.7 Å². The molecule has 1 N–H and O–H groups in total. The number of hydrogen-bond acceptors (Lipinski definition) is 1. The summed E-state index contributed by atoms with van der Waals surface area (Å²) in [6, 6.07) is 4.60. The van der Waals surface area contributed by atoms with Gasteiger partial charge in [-0.1, -0.05) is 19.1 Å². The number of benzene rings is 1. The van der Waals surface area contributed by atoms with E-state index in [4.69, 9.17) is 0 Å². The van der Waals surface area contributed by atoms with Gasteiger partial charge < -0.3 is 5.11 Å². The molecule has 0 radical (unpaired) electrons. The molecule has 0 aliphatic rings. The number of aliphatic hydroxyl groups excluding tert-OH is 1. The summed E-state index contributed by atoms with van der Waals surface area (Å²) < 4.78 is 51.0. The molecule has 1 rings (SSSR count). The van der Waals surface area contributed by atoms with Gasteiger partial charge in [-0.25, -0.2) is 13.2 Å². The first kappa shape index (κ1) is 15.7. The standard InChI is InChI=1S/C12H13F4IO/c1-12(6-13,10(15)9(18)11(16)17)7-2-4-8(14)5-3-7/h2-5,9-11,18H,6H2,1H3. The van der Waals surface area contributed by atoms with Crippen LogP contribution < -0.4 is 0 Å². The smallest absolute Gasteiger partial charge is 0.179 e. The summed E-state index contributed by atoms with van der Waals surface area (Å²) in [4.78, 5) is 0. The van der Waals surface area contributed by atoms with Crippen LogP contribution in [0.25, 0.3) is 0 Å². The molecule has 0 aliphatic heterocycles. The Hall–Kier alpha value is -0.370. The normalized spacial score (nSPS) is 19.9. The highest BCUT2D eigenvalue weighted by Gasteiger charge is 2.43. The lowest BCUT2D eigenvalue weighted by Gasteiger charge is -2.33. The molecule has 0 amide bonds. The van der Waals surface area contributed by atoms with Crippen molar-refractivity contribution in [3.05, 3.63) is 35.6 Å². The summed E-state index contributed by atoms with van der Waals surface area (Å²) >= 11 is 1.23. The second-order valence-electron chi connectivity index (χ2n) is 4.28. The highest BCUT2D eigenvalue weighted by molar-refractivity contribution is 14.1. The fourth-order valence-corrected chi connectivity index (χ4v) is 2.01. The molecule has 0 saturated heterocycles. The maximum Gasteiger partial charge on any atom is 0.179 e. The van der Waals surface area contributed by atoms with Crippen LogP contribution in [0.5, 0.6) is 0 Å². The van der Waals surface area contributed by atoms with Crippen molar-refractivity contribution in [3.8, 4) is 0 Å². The lowest BCUT2D eigenvalue weighted by atomic mass is 9.77. The van der Waals surface area contributed by atoms with Gasteiger partial charge in [0.25, 0.3) is 0 Å². The highest BCUT2D eigenvalue weighted by Crippen LogP contribution is 2.34. The minimum absolute atomic E-state index is 0.176. The van der Waals surface area contributed by atoms with Gasteiger partial charge >= 0.3 is 0 Å². The van der Waals surface area contributed by atoms with Crippen LogP contribution in [0.15, 0.2) is 24.3 Å². The molecule has 0 fully saturated rings. The molecule has 0 bridgehead atoms. The number of rotatable bonds is 5. The Kier molecular flexibility index (Phi) is 5.39. The van der Waals surface area contributed by atoms with E-state index in [-0.39, 0.29) is 5.56 Å². The summed E-state index contributed by atoms with van der Waals surface area (Å²) in [5.74, 6) is -0.534. The van der Waals surface area contributed by atoms with Gasteiger partial charge in [0.15, 0.2) is 4.18 Å². The van der Waals surface area contributed by atoms with Crippen molar-refractivity contribution >= 4 is 22.6 Å². The van der Waals surface area contributed by atoms with Crippen molar-refractivity contribution in [3.63, 3.8) is 0 Å². The topological polar surface area (TPSA) is 20.2 Å². The van der Waals surface area contributed by atoms with Gasteiger partial charge in [0.05, 0.1) is 5.41 Å². The Balaban J connectivity index is 3.08. The molecule has 0 aromatic heterocycles. The first-order valence-corrected chi connectivity index (χ1v) is 6.49. The summed E-state index contributed by atoms with van der Waals surface area (Å²) in [7, 11) is 0. The minimum Gasteiger partial charge on any atom is -0.386 e. The molecule has 1 aromatic rings. The van der Waals surface area contributed by atoms with Crippen molar-refractivity contribution in [2.75, 3.05) is 6.67 Å². The molecule has 1 nitrogen and oxygen atoms in total. The van der Waals surface area contributed by atoms with Crippen LogP contribution in [0.1, 0.15) is 12.5 Å². The zero-order valence-corrected chi connectivity index (χ0v) is 11.7. The van der Waals surface area contributed by atoms with Gasteiger partial charge in [0.2, 0.25) is 0 Å². The van der Waals surface area contributed by atoms with E-state index in [0.717, 1.165) is 12.1 Å². The molecule has 0 spiro atoms. The van der Waals surface area contributed by atoms with Crippen LogP contribution in [0, 0.1) is 5.82 Å². The second-order valence-corrected chi connectivity index (χ2v) is 5.47. The van der Waals surface area contributed by atoms with Crippen LogP contribution in [-0.2, 0) is 5.41 Å². The van der Waals surface area contributed by atoms with Crippen molar-refractivity contribution in [1.82, 2.24) is 0 Å². The Morgan fingerprint density at radius 2 is 1.78 bits per heavy atom. The van der Waals surface area contributed by atoms with E-state index in [1.807, 2.05) is 0 Å². The quantitative estimate of drug-likeness (QED) is 0.474. The summed E-state index contributed by atoms with van der Waals surface area (Å²) in [6.07, 6.45) is -4.06. The van der Waals surface area contributed by atoms with Crippen molar-refractivity contribution < 1.29 is 22.7 Å². The number of alkyl halides is 4. The van der Waals surface area contributed by atoms with Gasteiger partial charge in [-0.05, 0) is 40.3 Å². The van der Waals surface area contributed by atoms with E-state index < -0.39 is 34.4 Å². The summed E-state index contributed by atoms with van der Waals surface area (Å²) in [5.41, 5.74) is -1.53. The molecule has 4 atom stereocenters.